The third-order valence-electron chi connectivity index (χ3n) is 3.15. The van der Waals surface area contributed by atoms with Gasteiger partial charge in [0.1, 0.15) is 5.01 Å². The molecular formula is C16H18N4S. The van der Waals surface area contributed by atoms with Gasteiger partial charge in [0.2, 0.25) is 0 Å². The summed E-state index contributed by atoms with van der Waals surface area (Å²) in [5.74, 6) is 0. The average Bonchev–Trinajstić information content (AvgIpc) is 3.10. The smallest absolute Gasteiger partial charge is 0.107 e. The number of hydrogen-bond acceptors (Lipinski definition) is 4. The van der Waals surface area contributed by atoms with E-state index in [9.17, 15) is 0 Å². The van der Waals surface area contributed by atoms with Gasteiger partial charge in [0, 0.05) is 35.9 Å². The molecule has 3 aromatic rings. The van der Waals surface area contributed by atoms with E-state index in [1.807, 2.05) is 23.1 Å². The Balaban J connectivity index is 1.51. The number of aryl methyl sites for hydroxylation is 1. The lowest BCUT2D eigenvalue weighted by atomic mass is 10.2. The molecule has 0 saturated carbocycles. The Morgan fingerprint density at radius 2 is 1.95 bits per heavy atom. The maximum Gasteiger partial charge on any atom is 0.107 e. The van der Waals surface area contributed by atoms with E-state index in [1.165, 1.54) is 16.0 Å². The highest BCUT2D eigenvalue weighted by Crippen LogP contribution is 2.11. The van der Waals surface area contributed by atoms with Crippen LogP contribution in [0.4, 0.5) is 0 Å². The molecule has 0 unspecified atom stereocenters. The number of nitrogens with one attached hydrogen (secondary N) is 1. The molecule has 0 aliphatic rings. The second-order valence-electron chi connectivity index (χ2n) is 5.00. The maximum absolute atomic E-state index is 4.40. The van der Waals surface area contributed by atoms with Crippen LogP contribution in [0.5, 0.6) is 0 Å². The highest BCUT2D eigenvalue weighted by molar-refractivity contribution is 7.11. The lowest BCUT2D eigenvalue weighted by molar-refractivity contribution is 0.676. The Hall–Kier alpha value is -1.98. The number of aromatic nitrogens is 3. The minimum atomic E-state index is 0.808. The monoisotopic (exact) mass is 298 g/mol. The van der Waals surface area contributed by atoms with E-state index in [0.29, 0.717) is 0 Å². The Labute approximate surface area is 128 Å². The van der Waals surface area contributed by atoms with Gasteiger partial charge in [-0.15, -0.1) is 11.3 Å². The first-order valence-electron chi connectivity index (χ1n) is 6.97. The van der Waals surface area contributed by atoms with Gasteiger partial charge >= 0.3 is 0 Å². The summed E-state index contributed by atoms with van der Waals surface area (Å²) in [6.07, 6.45) is 5.93. The van der Waals surface area contributed by atoms with Crippen LogP contribution in [0, 0.1) is 6.92 Å². The first kappa shape index (κ1) is 14.0. The second kappa shape index (κ2) is 6.65. The molecule has 0 radical (unpaired) electrons. The molecule has 1 aromatic carbocycles. The predicted molar refractivity (Wildman–Crippen MR) is 85.2 cm³/mol. The van der Waals surface area contributed by atoms with Crippen LogP contribution >= 0.6 is 11.3 Å². The quantitative estimate of drug-likeness (QED) is 0.761. The number of hydrogen-bond donors (Lipinski definition) is 1. The van der Waals surface area contributed by atoms with Gasteiger partial charge in [0.25, 0.3) is 0 Å². The topological polar surface area (TPSA) is 42.7 Å². The van der Waals surface area contributed by atoms with E-state index in [1.54, 1.807) is 11.3 Å². The van der Waals surface area contributed by atoms with Crippen LogP contribution in [0.2, 0.25) is 0 Å². The van der Waals surface area contributed by atoms with Crippen molar-refractivity contribution in [2.75, 3.05) is 0 Å². The highest BCUT2D eigenvalue weighted by atomic mass is 32.1. The van der Waals surface area contributed by atoms with E-state index in [-0.39, 0.29) is 0 Å². The molecule has 0 spiro atoms. The largest absolute Gasteiger partial charge is 0.306 e. The standard InChI is InChI=1S/C16H18N4S/c1-13-7-18-16(21-13)10-17-8-15-9-19-20(12-15)11-14-5-3-2-4-6-14/h2-7,9,12,17H,8,10-11H2,1H3. The zero-order valence-corrected chi connectivity index (χ0v) is 12.8. The summed E-state index contributed by atoms with van der Waals surface area (Å²) in [5.41, 5.74) is 2.46. The van der Waals surface area contributed by atoms with E-state index in [0.717, 1.165) is 24.6 Å². The fourth-order valence-electron chi connectivity index (χ4n) is 2.15. The van der Waals surface area contributed by atoms with Crippen LogP contribution in [0.15, 0.2) is 48.9 Å². The summed E-state index contributed by atoms with van der Waals surface area (Å²) >= 11 is 1.74. The molecule has 0 aliphatic carbocycles. The Morgan fingerprint density at radius 1 is 1.10 bits per heavy atom. The van der Waals surface area contributed by atoms with E-state index in [2.05, 4.69) is 52.8 Å². The Morgan fingerprint density at radius 3 is 2.71 bits per heavy atom. The molecule has 4 nitrogen and oxygen atoms in total. The fraction of sp³-hybridized carbons (Fsp3) is 0.250. The molecular weight excluding hydrogens is 280 g/mol. The van der Waals surface area contributed by atoms with Crippen molar-refractivity contribution in [3.8, 4) is 0 Å². The van der Waals surface area contributed by atoms with Crippen LogP contribution in [-0.2, 0) is 19.6 Å². The molecule has 0 aliphatic heterocycles. The molecule has 0 fully saturated rings. The van der Waals surface area contributed by atoms with Crippen molar-refractivity contribution in [2.45, 2.75) is 26.6 Å². The first-order valence-corrected chi connectivity index (χ1v) is 7.78. The van der Waals surface area contributed by atoms with Crippen LogP contribution in [0.1, 0.15) is 21.0 Å². The van der Waals surface area contributed by atoms with Crippen molar-refractivity contribution in [3.05, 3.63) is 69.9 Å². The van der Waals surface area contributed by atoms with Crippen molar-refractivity contribution in [2.24, 2.45) is 0 Å². The zero-order chi connectivity index (χ0) is 14.5. The molecule has 1 N–H and O–H groups in total. The van der Waals surface area contributed by atoms with Gasteiger partial charge in [-0.05, 0) is 12.5 Å². The van der Waals surface area contributed by atoms with Crippen LogP contribution in [0.3, 0.4) is 0 Å². The number of nitrogens with zero attached hydrogens (tertiary/aromatic N) is 3. The van der Waals surface area contributed by atoms with E-state index >= 15 is 0 Å². The maximum atomic E-state index is 4.40. The minimum Gasteiger partial charge on any atom is -0.306 e. The van der Waals surface area contributed by atoms with Crippen LogP contribution in [0.25, 0.3) is 0 Å². The summed E-state index contributed by atoms with van der Waals surface area (Å²) in [6.45, 7) is 4.51. The Bertz CT molecular complexity index is 687. The van der Waals surface area contributed by atoms with Crippen LogP contribution < -0.4 is 5.32 Å². The first-order chi connectivity index (χ1) is 10.3. The lowest BCUT2D eigenvalue weighted by Crippen LogP contribution is -2.11. The highest BCUT2D eigenvalue weighted by Gasteiger charge is 2.01. The van der Waals surface area contributed by atoms with Crippen molar-refractivity contribution in [3.63, 3.8) is 0 Å². The normalized spacial score (nSPS) is 10.9. The fourth-order valence-corrected chi connectivity index (χ4v) is 2.91. The molecule has 0 atom stereocenters. The number of benzene rings is 1. The summed E-state index contributed by atoms with van der Waals surface area (Å²) in [4.78, 5) is 5.60. The third kappa shape index (κ3) is 4.00. The van der Waals surface area contributed by atoms with Crippen molar-refractivity contribution in [1.82, 2.24) is 20.1 Å². The molecule has 108 valence electrons. The third-order valence-corrected chi connectivity index (χ3v) is 4.06. The molecule has 2 aromatic heterocycles. The van der Waals surface area contributed by atoms with E-state index < -0.39 is 0 Å². The molecule has 2 heterocycles. The van der Waals surface area contributed by atoms with Gasteiger partial charge in [0.05, 0.1) is 12.7 Å². The summed E-state index contributed by atoms with van der Waals surface area (Å²) in [7, 11) is 0. The van der Waals surface area contributed by atoms with Gasteiger partial charge < -0.3 is 5.32 Å². The lowest BCUT2D eigenvalue weighted by Gasteiger charge is -2.01. The summed E-state index contributed by atoms with van der Waals surface area (Å²) < 4.78 is 1.97. The van der Waals surface area contributed by atoms with Gasteiger partial charge in [-0.3, -0.25) is 4.68 Å². The van der Waals surface area contributed by atoms with Crippen molar-refractivity contribution in [1.29, 1.82) is 0 Å². The SMILES string of the molecule is Cc1cnc(CNCc2cnn(Cc3ccccc3)c2)s1. The average molecular weight is 298 g/mol. The van der Waals surface area contributed by atoms with Gasteiger partial charge in [0.15, 0.2) is 0 Å². The summed E-state index contributed by atoms with van der Waals surface area (Å²) in [6, 6.07) is 10.4. The predicted octanol–water partition coefficient (Wildman–Crippen LogP) is 2.99. The minimum absolute atomic E-state index is 0.808. The van der Waals surface area contributed by atoms with Gasteiger partial charge in [-0.25, -0.2) is 4.98 Å². The molecule has 21 heavy (non-hydrogen) atoms. The Kier molecular flexibility index (Phi) is 4.43. The van der Waals surface area contributed by atoms with Crippen molar-refractivity contribution < 1.29 is 0 Å². The molecule has 3 rings (SSSR count). The van der Waals surface area contributed by atoms with Crippen molar-refractivity contribution >= 4 is 11.3 Å². The molecule has 0 saturated heterocycles. The summed E-state index contributed by atoms with van der Waals surface area (Å²) in [5, 5.41) is 8.94. The number of rotatable bonds is 6. The zero-order valence-electron chi connectivity index (χ0n) is 12.0. The second-order valence-corrected chi connectivity index (χ2v) is 6.32. The molecule has 0 amide bonds. The van der Waals surface area contributed by atoms with Crippen LogP contribution in [-0.4, -0.2) is 14.8 Å². The van der Waals surface area contributed by atoms with Gasteiger partial charge in [-0.1, -0.05) is 30.3 Å². The van der Waals surface area contributed by atoms with E-state index in [4.69, 9.17) is 0 Å². The molecule has 5 heteroatoms. The number of thiazole rings is 1. The molecule has 0 bridgehead atoms. The van der Waals surface area contributed by atoms with Gasteiger partial charge in [-0.2, -0.15) is 5.10 Å².